The monoisotopic (exact) mass is 247 g/mol. The fourth-order valence-electron chi connectivity index (χ4n) is 0.943. The first-order valence-corrected chi connectivity index (χ1v) is 6.53. The van der Waals surface area contributed by atoms with Gasteiger partial charge in [-0.15, -0.1) is 4.40 Å². The highest BCUT2D eigenvalue weighted by Gasteiger charge is 2.22. The molecule has 0 radical (unpaired) electrons. The number of hydrogen-bond acceptors (Lipinski definition) is 4. The number of benzene rings is 1. The van der Waals surface area contributed by atoms with E-state index in [9.17, 15) is 12.8 Å². The predicted octanol–water partition coefficient (Wildman–Crippen LogP) is 1.59. The van der Waals surface area contributed by atoms with Crippen molar-refractivity contribution in [3.8, 4) is 5.75 Å². The summed E-state index contributed by atoms with van der Waals surface area (Å²) in [6.07, 6.45) is 0. The van der Waals surface area contributed by atoms with E-state index >= 15 is 0 Å². The fourth-order valence-corrected chi connectivity index (χ4v) is 3.12. The molecule has 1 aromatic rings. The van der Waals surface area contributed by atoms with Gasteiger partial charge >= 0.3 is 0 Å². The molecule has 0 fully saturated rings. The van der Waals surface area contributed by atoms with E-state index in [1.54, 1.807) is 0 Å². The molecule has 1 aromatic carbocycles. The average molecular weight is 247 g/mol. The van der Waals surface area contributed by atoms with E-state index < -0.39 is 10.0 Å². The highest BCUT2D eigenvalue weighted by molar-refractivity contribution is 8.24. The summed E-state index contributed by atoms with van der Waals surface area (Å²) >= 11 is 0.994. The topological polar surface area (TPSA) is 55.7 Å². The quantitative estimate of drug-likeness (QED) is 0.756. The first-order valence-electron chi connectivity index (χ1n) is 3.94. The van der Waals surface area contributed by atoms with Crippen molar-refractivity contribution >= 4 is 27.0 Å². The number of rotatable bonds is 1. The van der Waals surface area contributed by atoms with Gasteiger partial charge in [-0.2, -0.15) is 0 Å². The maximum atomic E-state index is 12.5. The van der Waals surface area contributed by atoms with Crippen molar-refractivity contribution < 1.29 is 17.5 Å². The minimum atomic E-state index is -3.37. The summed E-state index contributed by atoms with van der Waals surface area (Å²) in [6.45, 7) is 0. The lowest BCUT2D eigenvalue weighted by molar-refractivity contribution is 0.560. The third-order valence-electron chi connectivity index (χ3n) is 1.56. The molecule has 0 amide bonds. The summed E-state index contributed by atoms with van der Waals surface area (Å²) in [5, 5.41) is -0.0367. The van der Waals surface area contributed by atoms with E-state index in [1.165, 1.54) is 24.3 Å². The summed E-state index contributed by atoms with van der Waals surface area (Å²) in [6, 6.07) is 5.26. The van der Waals surface area contributed by atoms with Crippen molar-refractivity contribution in [2.45, 2.75) is 0 Å². The lowest BCUT2D eigenvalue weighted by Gasteiger charge is -2.01. The Balaban J connectivity index is 2.14. The molecule has 80 valence electrons. The summed E-state index contributed by atoms with van der Waals surface area (Å²) in [4.78, 5) is 0. The average Bonchev–Trinajstić information content (AvgIpc) is 2.50. The maximum absolute atomic E-state index is 12.5. The van der Waals surface area contributed by atoms with Crippen LogP contribution in [0.25, 0.3) is 0 Å². The van der Waals surface area contributed by atoms with Crippen molar-refractivity contribution in [3.63, 3.8) is 0 Å². The second-order valence-corrected chi connectivity index (χ2v) is 5.68. The molecule has 2 rings (SSSR count). The standard InChI is InChI=1S/C8H6FNO3S2/c9-6-1-3-7(4-2-6)13-8-10-15(11,12)5-14-8/h1-4H,5H2. The van der Waals surface area contributed by atoms with Gasteiger partial charge < -0.3 is 4.74 Å². The van der Waals surface area contributed by atoms with Gasteiger partial charge in [0.25, 0.3) is 15.3 Å². The van der Waals surface area contributed by atoms with Crippen LogP contribution in [-0.4, -0.2) is 18.7 Å². The van der Waals surface area contributed by atoms with E-state index in [1.807, 2.05) is 0 Å². The van der Waals surface area contributed by atoms with Crippen LogP contribution in [0.2, 0.25) is 0 Å². The van der Waals surface area contributed by atoms with E-state index in [0.29, 0.717) is 5.75 Å². The van der Waals surface area contributed by atoms with Gasteiger partial charge in [0.1, 0.15) is 16.7 Å². The molecule has 0 N–H and O–H groups in total. The molecule has 0 saturated heterocycles. The number of thioether (sulfide) groups is 1. The number of ether oxygens (including phenoxy) is 1. The Morgan fingerprint density at radius 3 is 2.53 bits per heavy atom. The van der Waals surface area contributed by atoms with Crippen molar-refractivity contribution in [1.29, 1.82) is 0 Å². The van der Waals surface area contributed by atoms with Gasteiger partial charge in [-0.3, -0.25) is 0 Å². The molecule has 1 aliphatic heterocycles. The van der Waals surface area contributed by atoms with Gasteiger partial charge in [-0.25, -0.2) is 12.8 Å². The Morgan fingerprint density at radius 1 is 1.33 bits per heavy atom. The molecule has 0 aromatic heterocycles. The first kappa shape index (κ1) is 10.4. The Labute approximate surface area is 90.2 Å². The maximum Gasteiger partial charge on any atom is 0.268 e. The molecule has 1 aliphatic rings. The van der Waals surface area contributed by atoms with Gasteiger partial charge in [-0.1, -0.05) is 0 Å². The summed E-state index contributed by atoms with van der Waals surface area (Å²) in [5.41, 5.74) is 0. The van der Waals surface area contributed by atoms with E-state index in [0.717, 1.165) is 11.8 Å². The zero-order valence-electron chi connectivity index (χ0n) is 7.38. The van der Waals surface area contributed by atoms with Gasteiger partial charge in [0.2, 0.25) is 0 Å². The number of halogens is 1. The minimum absolute atomic E-state index is 0.0709. The van der Waals surface area contributed by atoms with Crippen LogP contribution in [0.15, 0.2) is 28.7 Å². The smallest absolute Gasteiger partial charge is 0.268 e. The van der Waals surface area contributed by atoms with Crippen molar-refractivity contribution in [3.05, 3.63) is 30.1 Å². The molecule has 0 unspecified atom stereocenters. The second kappa shape index (κ2) is 3.82. The van der Waals surface area contributed by atoms with Crippen molar-refractivity contribution in [2.24, 2.45) is 4.40 Å². The molecule has 0 aliphatic carbocycles. The highest BCUT2D eigenvalue weighted by atomic mass is 32.3. The van der Waals surface area contributed by atoms with Crippen LogP contribution in [0.1, 0.15) is 0 Å². The van der Waals surface area contributed by atoms with Gasteiger partial charge in [-0.05, 0) is 36.0 Å². The van der Waals surface area contributed by atoms with Crippen molar-refractivity contribution in [1.82, 2.24) is 0 Å². The molecule has 0 bridgehead atoms. The molecule has 0 saturated carbocycles. The molecule has 15 heavy (non-hydrogen) atoms. The Hall–Kier alpha value is -1.08. The van der Waals surface area contributed by atoms with E-state index in [-0.39, 0.29) is 16.1 Å². The highest BCUT2D eigenvalue weighted by Crippen LogP contribution is 2.22. The van der Waals surface area contributed by atoms with Gasteiger partial charge in [0.15, 0.2) is 0 Å². The Bertz CT molecular complexity index is 495. The summed E-state index contributed by atoms with van der Waals surface area (Å²) < 4.78 is 42.9. The molecular formula is C8H6FNO3S2. The van der Waals surface area contributed by atoms with Crippen molar-refractivity contribution in [2.75, 3.05) is 5.08 Å². The molecule has 0 atom stereocenters. The third-order valence-corrected chi connectivity index (χ3v) is 4.21. The number of nitrogens with zero attached hydrogens (tertiary/aromatic N) is 1. The molecule has 4 nitrogen and oxygen atoms in total. The van der Waals surface area contributed by atoms with Crippen LogP contribution in [0.4, 0.5) is 4.39 Å². The predicted molar refractivity (Wildman–Crippen MR) is 55.8 cm³/mol. The van der Waals surface area contributed by atoms with Crippen LogP contribution >= 0.6 is 11.8 Å². The zero-order chi connectivity index (χ0) is 10.9. The first-order chi connectivity index (χ1) is 7.05. The lowest BCUT2D eigenvalue weighted by Crippen LogP contribution is -2.00. The van der Waals surface area contributed by atoms with Crippen LogP contribution in [-0.2, 0) is 10.0 Å². The largest absolute Gasteiger partial charge is 0.433 e. The Morgan fingerprint density at radius 2 is 2.00 bits per heavy atom. The normalized spacial score (nSPS) is 18.6. The molecule has 7 heteroatoms. The van der Waals surface area contributed by atoms with Crippen LogP contribution in [0.3, 0.4) is 0 Å². The SMILES string of the molecule is O=S1(=O)CSC(Oc2ccc(F)cc2)=N1. The minimum Gasteiger partial charge on any atom is -0.433 e. The van der Waals surface area contributed by atoms with Crippen LogP contribution < -0.4 is 4.74 Å². The van der Waals surface area contributed by atoms with Crippen LogP contribution in [0.5, 0.6) is 5.75 Å². The van der Waals surface area contributed by atoms with E-state index in [4.69, 9.17) is 4.74 Å². The second-order valence-electron chi connectivity index (χ2n) is 2.76. The van der Waals surface area contributed by atoms with Gasteiger partial charge in [0, 0.05) is 0 Å². The summed E-state index contributed by atoms with van der Waals surface area (Å²) in [7, 11) is -3.37. The van der Waals surface area contributed by atoms with E-state index in [2.05, 4.69) is 4.40 Å². The van der Waals surface area contributed by atoms with Crippen LogP contribution in [0, 0.1) is 5.82 Å². The molecular weight excluding hydrogens is 241 g/mol. The number of sulfonamides is 1. The molecule has 1 heterocycles. The Kier molecular flexibility index (Phi) is 2.66. The van der Waals surface area contributed by atoms with Gasteiger partial charge in [0.05, 0.1) is 0 Å². The lowest BCUT2D eigenvalue weighted by atomic mass is 10.3. The summed E-state index contributed by atoms with van der Waals surface area (Å²) in [5.74, 6) is -0.0178. The number of hydrogen-bond donors (Lipinski definition) is 0. The zero-order valence-corrected chi connectivity index (χ0v) is 9.02. The molecule has 0 spiro atoms. The fraction of sp³-hybridized carbons (Fsp3) is 0.125. The third kappa shape index (κ3) is 2.69.